The molecule has 3 atom stereocenters. The third-order valence-electron chi connectivity index (χ3n) is 3.98. The van der Waals surface area contributed by atoms with Crippen molar-refractivity contribution in [2.75, 3.05) is 26.3 Å². The van der Waals surface area contributed by atoms with Gasteiger partial charge in [0.25, 0.3) is 0 Å². The van der Waals surface area contributed by atoms with Crippen LogP contribution in [0.3, 0.4) is 0 Å². The Morgan fingerprint density at radius 2 is 2.32 bits per heavy atom. The van der Waals surface area contributed by atoms with Crippen LogP contribution in [0.15, 0.2) is 10.4 Å². The summed E-state index contributed by atoms with van der Waals surface area (Å²) in [4.78, 5) is 12.7. The van der Waals surface area contributed by atoms with Crippen LogP contribution in [0.1, 0.15) is 20.3 Å². The van der Waals surface area contributed by atoms with Crippen LogP contribution in [0, 0.1) is 22.0 Å². The van der Waals surface area contributed by atoms with Gasteiger partial charge in [-0.3, -0.25) is 10.1 Å². The monoisotopic (exact) mass is 333 g/mol. The second-order valence-electron chi connectivity index (χ2n) is 5.39. The van der Waals surface area contributed by atoms with Gasteiger partial charge >= 0.3 is 4.61 Å². The van der Waals surface area contributed by atoms with Gasteiger partial charge in [-0.25, -0.2) is 0 Å². The van der Waals surface area contributed by atoms with Crippen molar-refractivity contribution in [3.05, 3.63) is 20.5 Å². The molecule has 108 valence electrons. The summed E-state index contributed by atoms with van der Waals surface area (Å²) < 4.78 is 5.50. The highest BCUT2D eigenvalue weighted by atomic mass is 79.9. The molecule has 2 saturated heterocycles. The summed E-state index contributed by atoms with van der Waals surface area (Å²) in [6.45, 7) is 7.39. The van der Waals surface area contributed by atoms with E-state index in [2.05, 4.69) is 40.0 Å². The number of ether oxygens (including phenoxy) is 1. The highest BCUT2D eigenvalue weighted by molar-refractivity contribution is 9.11. The first-order chi connectivity index (χ1) is 9.00. The fourth-order valence-corrected chi connectivity index (χ4v) is 2.99. The maximum atomic E-state index is 11.0. The zero-order valence-electron chi connectivity index (χ0n) is 11.3. The second kappa shape index (κ2) is 6.09. The Morgan fingerprint density at radius 1 is 1.58 bits per heavy atom. The van der Waals surface area contributed by atoms with Gasteiger partial charge in [0.15, 0.2) is 5.82 Å². The van der Waals surface area contributed by atoms with Gasteiger partial charge in [-0.1, -0.05) is 6.92 Å². The van der Waals surface area contributed by atoms with E-state index in [4.69, 9.17) is 4.74 Å². The molecule has 0 aliphatic carbocycles. The minimum Gasteiger partial charge on any atom is -0.381 e. The predicted molar refractivity (Wildman–Crippen MR) is 75.2 cm³/mol. The van der Waals surface area contributed by atoms with E-state index < -0.39 is 0 Å². The molecule has 2 fully saturated rings. The summed E-state index contributed by atoms with van der Waals surface area (Å²) >= 11 is 3.08. The van der Waals surface area contributed by atoms with E-state index in [1.165, 1.54) is 0 Å². The molecule has 0 bridgehead atoms. The molecule has 2 heterocycles. The molecule has 1 N–H and O–H groups in total. The van der Waals surface area contributed by atoms with E-state index in [-0.39, 0.29) is 9.53 Å². The van der Waals surface area contributed by atoms with E-state index in [0.717, 1.165) is 32.7 Å². The van der Waals surface area contributed by atoms with Gasteiger partial charge in [-0.15, -0.1) is 0 Å². The Bertz CT molecular complexity index is 388. The first-order valence-corrected chi connectivity index (χ1v) is 7.42. The van der Waals surface area contributed by atoms with E-state index >= 15 is 0 Å². The van der Waals surface area contributed by atoms with Crippen LogP contribution in [0.25, 0.3) is 0 Å². The highest BCUT2D eigenvalue weighted by Crippen LogP contribution is 2.27. The van der Waals surface area contributed by atoms with Crippen LogP contribution in [0.5, 0.6) is 0 Å². The third kappa shape index (κ3) is 3.20. The molecule has 19 heavy (non-hydrogen) atoms. The minimum absolute atomic E-state index is 0.0191. The average molecular weight is 334 g/mol. The van der Waals surface area contributed by atoms with Gasteiger partial charge in [0, 0.05) is 47.6 Å². The molecule has 2 rings (SSSR count). The smallest absolute Gasteiger partial charge is 0.350 e. The summed E-state index contributed by atoms with van der Waals surface area (Å²) in [6, 6.07) is 0.302. The zero-order chi connectivity index (χ0) is 14.0. The fraction of sp³-hybridized carbons (Fsp3) is 0.833. The van der Waals surface area contributed by atoms with Crippen molar-refractivity contribution in [2.24, 2.45) is 11.8 Å². The standard InChI is InChI=1S/C12H20BrN3O3/c1-8-6-19-7-10(8)5-15-9(2)3-4-14-12(15)11(13)16(17)18/h8-10,14H,3-7H2,1-2H3. The molecule has 0 amide bonds. The van der Waals surface area contributed by atoms with E-state index in [0.29, 0.717) is 23.7 Å². The number of rotatable bonds is 3. The van der Waals surface area contributed by atoms with Crippen molar-refractivity contribution in [2.45, 2.75) is 26.3 Å². The van der Waals surface area contributed by atoms with E-state index in [9.17, 15) is 10.1 Å². The molecule has 2 aliphatic heterocycles. The molecule has 0 saturated carbocycles. The largest absolute Gasteiger partial charge is 0.381 e. The Morgan fingerprint density at radius 3 is 2.89 bits per heavy atom. The van der Waals surface area contributed by atoms with Crippen LogP contribution in [-0.2, 0) is 4.74 Å². The highest BCUT2D eigenvalue weighted by Gasteiger charge is 2.33. The lowest BCUT2D eigenvalue weighted by molar-refractivity contribution is -0.411. The van der Waals surface area contributed by atoms with Crippen molar-refractivity contribution in [3.63, 3.8) is 0 Å². The van der Waals surface area contributed by atoms with Gasteiger partial charge in [0.2, 0.25) is 0 Å². The molecule has 0 radical (unpaired) electrons. The number of halogens is 1. The van der Waals surface area contributed by atoms with Crippen molar-refractivity contribution in [3.8, 4) is 0 Å². The summed E-state index contributed by atoms with van der Waals surface area (Å²) in [6.07, 6.45) is 0.990. The summed E-state index contributed by atoms with van der Waals surface area (Å²) in [5.41, 5.74) is 0. The zero-order valence-corrected chi connectivity index (χ0v) is 12.9. The predicted octanol–water partition coefficient (Wildman–Crippen LogP) is 1.75. The SMILES string of the molecule is CC1COCC1CN1C(=C(Br)[N+](=O)[O-])NCCC1C. The lowest BCUT2D eigenvalue weighted by Gasteiger charge is -2.39. The van der Waals surface area contributed by atoms with Crippen LogP contribution in [-0.4, -0.2) is 42.2 Å². The molecule has 7 heteroatoms. The Labute approximate surface area is 121 Å². The number of nitrogens with zero attached hydrogens (tertiary/aromatic N) is 2. The maximum Gasteiger partial charge on any atom is 0.350 e. The topological polar surface area (TPSA) is 67.6 Å². The van der Waals surface area contributed by atoms with E-state index in [1.807, 2.05) is 0 Å². The summed E-state index contributed by atoms with van der Waals surface area (Å²) in [5.74, 6) is 1.54. The van der Waals surface area contributed by atoms with Gasteiger partial charge < -0.3 is 15.0 Å². The number of nitrogens with one attached hydrogen (secondary N) is 1. The van der Waals surface area contributed by atoms with Crippen molar-refractivity contribution < 1.29 is 9.66 Å². The van der Waals surface area contributed by atoms with Gasteiger partial charge in [0.05, 0.1) is 11.5 Å². The van der Waals surface area contributed by atoms with Crippen LogP contribution >= 0.6 is 15.9 Å². The molecule has 3 unspecified atom stereocenters. The Kier molecular flexibility index (Phi) is 4.67. The molecule has 2 aliphatic rings. The summed E-state index contributed by atoms with van der Waals surface area (Å²) in [5, 5.41) is 14.1. The first kappa shape index (κ1) is 14.6. The quantitative estimate of drug-likeness (QED) is 0.484. The Balaban J connectivity index is 2.17. The van der Waals surface area contributed by atoms with Crippen molar-refractivity contribution in [1.82, 2.24) is 10.2 Å². The molecule has 0 spiro atoms. The molecule has 6 nitrogen and oxygen atoms in total. The van der Waals surface area contributed by atoms with Gasteiger partial charge in [0.1, 0.15) is 0 Å². The molecule has 0 aromatic heterocycles. The molecular weight excluding hydrogens is 314 g/mol. The fourth-order valence-electron chi connectivity index (χ4n) is 2.62. The lowest BCUT2D eigenvalue weighted by atomic mass is 9.96. The van der Waals surface area contributed by atoms with Crippen LogP contribution < -0.4 is 5.32 Å². The second-order valence-corrected chi connectivity index (χ2v) is 6.14. The van der Waals surface area contributed by atoms with Crippen LogP contribution in [0.4, 0.5) is 0 Å². The van der Waals surface area contributed by atoms with E-state index in [1.54, 1.807) is 0 Å². The van der Waals surface area contributed by atoms with Gasteiger partial charge in [-0.05, 0) is 19.3 Å². The number of hydrogen-bond acceptors (Lipinski definition) is 5. The molecule has 0 aromatic rings. The lowest BCUT2D eigenvalue weighted by Crippen LogP contribution is -2.48. The van der Waals surface area contributed by atoms with Crippen LogP contribution in [0.2, 0.25) is 0 Å². The first-order valence-electron chi connectivity index (χ1n) is 6.63. The Hall–Kier alpha value is -0.820. The molecular formula is C12H20BrN3O3. The maximum absolute atomic E-state index is 11.0. The number of nitro groups is 1. The van der Waals surface area contributed by atoms with Gasteiger partial charge in [-0.2, -0.15) is 0 Å². The third-order valence-corrected chi connectivity index (χ3v) is 4.64. The van der Waals surface area contributed by atoms with Crippen molar-refractivity contribution >= 4 is 15.9 Å². The summed E-state index contributed by atoms with van der Waals surface area (Å²) in [7, 11) is 0. The number of hydrogen-bond donors (Lipinski definition) is 1. The van der Waals surface area contributed by atoms with Crippen molar-refractivity contribution in [1.29, 1.82) is 0 Å². The average Bonchev–Trinajstić information content (AvgIpc) is 2.76. The normalized spacial score (nSPS) is 34.1. The molecule has 0 aromatic carbocycles. The minimum atomic E-state index is -0.387.